The third kappa shape index (κ3) is 2.67. The molecule has 0 bridgehead atoms. The third-order valence-electron chi connectivity index (χ3n) is 4.19. The van der Waals surface area contributed by atoms with Crippen LogP contribution in [0.1, 0.15) is 23.6 Å². The molecule has 2 aromatic carbocycles. The first-order valence-electron chi connectivity index (χ1n) is 7.61. The number of fused-ring (bicyclic) bond motifs is 1. The van der Waals surface area contributed by atoms with E-state index in [0.717, 1.165) is 18.2 Å². The van der Waals surface area contributed by atoms with Crippen molar-refractivity contribution in [2.24, 2.45) is 0 Å². The first kappa shape index (κ1) is 15.4. The number of carbonyl (C=O) groups excluding carboxylic acids is 1. The van der Waals surface area contributed by atoms with E-state index in [9.17, 15) is 18.0 Å². The van der Waals surface area contributed by atoms with Gasteiger partial charge >= 0.3 is 0 Å². The summed E-state index contributed by atoms with van der Waals surface area (Å²) in [6, 6.07) is 8.91. The predicted molar refractivity (Wildman–Crippen MR) is 85.0 cm³/mol. The number of amides is 1. The minimum absolute atomic E-state index is 0.0481. The predicted octanol–water partition coefficient (Wildman–Crippen LogP) is 3.76. The van der Waals surface area contributed by atoms with Gasteiger partial charge in [0.15, 0.2) is 0 Å². The lowest BCUT2D eigenvalue weighted by molar-refractivity contribution is -0.116. The van der Waals surface area contributed by atoms with Crippen LogP contribution >= 0.6 is 0 Å². The van der Waals surface area contributed by atoms with Gasteiger partial charge < -0.3 is 5.32 Å². The molecule has 1 N–H and O–H groups in total. The Morgan fingerprint density at radius 1 is 1.08 bits per heavy atom. The zero-order valence-electron chi connectivity index (χ0n) is 12.8. The Balaban J connectivity index is 1.86. The average molecular weight is 343 g/mol. The highest BCUT2D eigenvalue weighted by molar-refractivity contribution is 5.94. The van der Waals surface area contributed by atoms with Crippen molar-refractivity contribution in [3.8, 4) is 5.69 Å². The van der Waals surface area contributed by atoms with Gasteiger partial charge in [0.1, 0.15) is 29.6 Å². The lowest BCUT2D eigenvalue weighted by atomic mass is 9.89. The van der Waals surface area contributed by atoms with E-state index in [4.69, 9.17) is 0 Å². The first-order valence-corrected chi connectivity index (χ1v) is 7.61. The topological polar surface area (TPSA) is 46.9 Å². The van der Waals surface area contributed by atoms with E-state index in [0.29, 0.717) is 17.2 Å². The molecule has 2 heterocycles. The molecule has 1 amide bonds. The SMILES string of the molecule is O=C1CC(c2cc(F)ccc2F)c2ncn(-c3cccc(F)c3)c2N1. The van der Waals surface area contributed by atoms with E-state index in [1.807, 2.05) is 0 Å². The van der Waals surface area contributed by atoms with Gasteiger partial charge in [0, 0.05) is 17.9 Å². The lowest BCUT2D eigenvalue weighted by Gasteiger charge is -2.23. The van der Waals surface area contributed by atoms with Gasteiger partial charge in [-0.3, -0.25) is 9.36 Å². The monoisotopic (exact) mass is 343 g/mol. The summed E-state index contributed by atoms with van der Waals surface area (Å²) in [7, 11) is 0. The number of hydrogen-bond donors (Lipinski definition) is 1. The molecule has 1 aliphatic heterocycles. The van der Waals surface area contributed by atoms with E-state index < -0.39 is 23.4 Å². The maximum atomic E-state index is 14.2. The number of nitrogens with zero attached hydrogens (tertiary/aromatic N) is 2. The third-order valence-corrected chi connectivity index (χ3v) is 4.19. The number of aromatic nitrogens is 2. The molecule has 0 radical (unpaired) electrons. The molecule has 1 atom stereocenters. The Kier molecular flexibility index (Phi) is 3.56. The molecule has 0 aliphatic carbocycles. The highest BCUT2D eigenvalue weighted by atomic mass is 19.1. The van der Waals surface area contributed by atoms with Gasteiger partial charge in [-0.25, -0.2) is 18.2 Å². The van der Waals surface area contributed by atoms with Gasteiger partial charge in [0.2, 0.25) is 5.91 Å². The minimum atomic E-state index is -0.714. The van der Waals surface area contributed by atoms with Gasteiger partial charge in [-0.15, -0.1) is 0 Å². The van der Waals surface area contributed by atoms with Gasteiger partial charge in [-0.1, -0.05) is 6.07 Å². The summed E-state index contributed by atoms with van der Waals surface area (Å²) in [5.74, 6) is -2.36. The molecule has 1 aromatic heterocycles. The fourth-order valence-corrected chi connectivity index (χ4v) is 3.07. The van der Waals surface area contributed by atoms with E-state index >= 15 is 0 Å². The Hall–Kier alpha value is -3.09. The molecule has 3 aromatic rings. The maximum Gasteiger partial charge on any atom is 0.226 e. The van der Waals surface area contributed by atoms with Crippen LogP contribution in [0.4, 0.5) is 19.0 Å². The van der Waals surface area contributed by atoms with Crippen LogP contribution in [0.25, 0.3) is 5.69 Å². The standard InChI is InChI=1S/C18H12F3N3O/c19-10-2-1-3-12(6-10)24-9-22-17-14(8-16(25)23-18(17)24)13-7-11(20)4-5-15(13)21/h1-7,9,14H,8H2,(H,23,25). The number of carbonyl (C=O) groups is 1. The summed E-state index contributed by atoms with van der Waals surface area (Å²) >= 11 is 0. The second kappa shape index (κ2) is 5.77. The van der Waals surface area contributed by atoms with Crippen molar-refractivity contribution >= 4 is 11.7 Å². The maximum absolute atomic E-state index is 14.2. The molecular formula is C18H12F3N3O. The van der Waals surface area contributed by atoms with E-state index in [1.165, 1.54) is 29.1 Å². The van der Waals surface area contributed by atoms with E-state index in [1.54, 1.807) is 6.07 Å². The summed E-state index contributed by atoms with van der Waals surface area (Å²) < 4.78 is 42.7. The van der Waals surface area contributed by atoms with Gasteiger partial charge in [-0.2, -0.15) is 0 Å². The number of nitrogens with one attached hydrogen (secondary N) is 1. The molecule has 0 saturated carbocycles. The largest absolute Gasteiger partial charge is 0.310 e. The molecule has 25 heavy (non-hydrogen) atoms. The Bertz CT molecular complexity index is 983. The van der Waals surface area contributed by atoms with Crippen molar-refractivity contribution in [3.05, 3.63) is 77.5 Å². The molecule has 4 nitrogen and oxygen atoms in total. The normalized spacial score (nSPS) is 16.4. The summed E-state index contributed by atoms with van der Waals surface area (Å²) in [5, 5.41) is 2.68. The van der Waals surface area contributed by atoms with Crippen molar-refractivity contribution < 1.29 is 18.0 Å². The quantitative estimate of drug-likeness (QED) is 0.770. The second-order valence-corrected chi connectivity index (χ2v) is 5.80. The smallest absolute Gasteiger partial charge is 0.226 e. The summed E-state index contributed by atoms with van der Waals surface area (Å²) in [6.07, 6.45) is 1.38. The van der Waals surface area contributed by atoms with Gasteiger partial charge in [-0.05, 0) is 36.4 Å². The zero-order valence-corrected chi connectivity index (χ0v) is 12.8. The zero-order chi connectivity index (χ0) is 17.6. The Morgan fingerprint density at radius 3 is 2.68 bits per heavy atom. The molecule has 1 unspecified atom stereocenters. The summed E-state index contributed by atoms with van der Waals surface area (Å²) in [5.41, 5.74) is 0.948. The number of rotatable bonds is 2. The number of hydrogen-bond acceptors (Lipinski definition) is 2. The number of benzene rings is 2. The first-order chi connectivity index (χ1) is 12.0. The van der Waals surface area contributed by atoms with Crippen LogP contribution < -0.4 is 5.32 Å². The van der Waals surface area contributed by atoms with Gasteiger partial charge in [0.25, 0.3) is 0 Å². The van der Waals surface area contributed by atoms with E-state index in [-0.39, 0.29) is 17.9 Å². The van der Waals surface area contributed by atoms with Crippen LogP contribution in [0, 0.1) is 17.5 Å². The van der Waals surface area contributed by atoms with Crippen molar-refractivity contribution in [1.82, 2.24) is 9.55 Å². The van der Waals surface area contributed by atoms with Gasteiger partial charge in [0.05, 0.1) is 11.4 Å². The molecule has 1 aliphatic rings. The van der Waals surface area contributed by atoms with Crippen LogP contribution in [0.5, 0.6) is 0 Å². The molecule has 126 valence electrons. The average Bonchev–Trinajstić information content (AvgIpc) is 3.00. The van der Waals surface area contributed by atoms with E-state index in [2.05, 4.69) is 10.3 Å². The highest BCUT2D eigenvalue weighted by Crippen LogP contribution is 2.38. The Morgan fingerprint density at radius 2 is 1.88 bits per heavy atom. The highest BCUT2D eigenvalue weighted by Gasteiger charge is 2.32. The van der Waals surface area contributed by atoms with Crippen molar-refractivity contribution in [2.75, 3.05) is 5.32 Å². The van der Waals surface area contributed by atoms with Crippen molar-refractivity contribution in [3.63, 3.8) is 0 Å². The fraction of sp³-hybridized carbons (Fsp3) is 0.111. The number of anilines is 1. The number of imidazole rings is 1. The van der Waals surface area contributed by atoms with Crippen LogP contribution in [0.2, 0.25) is 0 Å². The fourth-order valence-electron chi connectivity index (χ4n) is 3.07. The molecule has 0 fully saturated rings. The number of halogens is 3. The summed E-state index contributed by atoms with van der Waals surface area (Å²) in [4.78, 5) is 16.4. The molecular weight excluding hydrogens is 331 g/mol. The Labute approximate surface area is 140 Å². The summed E-state index contributed by atoms with van der Waals surface area (Å²) in [6.45, 7) is 0. The van der Waals surface area contributed by atoms with Crippen molar-refractivity contribution in [1.29, 1.82) is 0 Å². The van der Waals surface area contributed by atoms with Crippen LogP contribution in [-0.2, 0) is 4.79 Å². The second-order valence-electron chi connectivity index (χ2n) is 5.80. The van der Waals surface area contributed by atoms with Crippen LogP contribution in [0.15, 0.2) is 48.8 Å². The van der Waals surface area contributed by atoms with Crippen molar-refractivity contribution in [2.45, 2.75) is 12.3 Å². The van der Waals surface area contributed by atoms with Crippen LogP contribution in [-0.4, -0.2) is 15.5 Å². The minimum Gasteiger partial charge on any atom is -0.310 e. The molecule has 4 rings (SSSR count). The molecule has 0 spiro atoms. The van der Waals surface area contributed by atoms with Crippen LogP contribution in [0.3, 0.4) is 0 Å². The lowest BCUT2D eigenvalue weighted by Crippen LogP contribution is -2.25. The molecule has 0 saturated heterocycles. The molecule has 7 heteroatoms.